The maximum absolute atomic E-state index is 12.0. The van der Waals surface area contributed by atoms with Crippen LogP contribution >= 0.6 is 0 Å². The number of nitrogens with zero attached hydrogens (tertiary/aromatic N) is 3. The lowest BCUT2D eigenvalue weighted by atomic mass is 10.2. The second-order valence-electron chi connectivity index (χ2n) is 3.99. The van der Waals surface area contributed by atoms with Gasteiger partial charge in [0.1, 0.15) is 6.04 Å². The van der Waals surface area contributed by atoms with Crippen molar-refractivity contribution in [2.45, 2.75) is 19.1 Å². The Morgan fingerprint density at radius 1 is 1.65 bits per heavy atom. The molecule has 0 saturated carbocycles. The molecule has 0 aliphatic carbocycles. The van der Waals surface area contributed by atoms with Crippen LogP contribution in [0.2, 0.25) is 0 Å². The van der Waals surface area contributed by atoms with Gasteiger partial charge >= 0.3 is 0 Å². The van der Waals surface area contributed by atoms with E-state index in [1.807, 2.05) is 0 Å². The highest BCUT2D eigenvalue weighted by Crippen LogP contribution is 2.07. The minimum Gasteiger partial charge on any atom is -0.389 e. The predicted octanol–water partition coefficient (Wildman–Crippen LogP) is -0.0902. The van der Waals surface area contributed by atoms with Gasteiger partial charge in [-0.25, -0.2) is 0 Å². The highest BCUT2D eigenvalue weighted by Gasteiger charge is 2.21. The minimum absolute atomic E-state index is 0.0937. The Balaban J connectivity index is 2.52. The van der Waals surface area contributed by atoms with Crippen LogP contribution in [-0.2, 0) is 9.53 Å². The van der Waals surface area contributed by atoms with E-state index in [-0.39, 0.29) is 25.1 Å². The van der Waals surface area contributed by atoms with Crippen molar-refractivity contribution in [3.8, 4) is 0 Å². The van der Waals surface area contributed by atoms with Gasteiger partial charge in [-0.15, -0.1) is 0 Å². The van der Waals surface area contributed by atoms with Gasteiger partial charge in [-0.2, -0.15) is 5.10 Å². The van der Waals surface area contributed by atoms with E-state index in [1.165, 1.54) is 12.0 Å². The first-order valence-electron chi connectivity index (χ1n) is 5.47. The average Bonchev–Trinajstić information content (AvgIpc) is 2.80. The van der Waals surface area contributed by atoms with E-state index in [0.717, 1.165) is 0 Å². The zero-order chi connectivity index (χ0) is 12.8. The summed E-state index contributed by atoms with van der Waals surface area (Å²) >= 11 is 0. The maximum atomic E-state index is 12.0. The third-order valence-electron chi connectivity index (χ3n) is 2.50. The molecule has 0 bridgehead atoms. The van der Waals surface area contributed by atoms with Crippen LogP contribution in [0.25, 0.3) is 0 Å². The van der Waals surface area contributed by atoms with Crippen LogP contribution in [0.4, 0.5) is 0 Å². The van der Waals surface area contributed by atoms with Gasteiger partial charge in [-0.3, -0.25) is 9.48 Å². The fourth-order valence-corrected chi connectivity index (χ4v) is 1.59. The molecule has 96 valence electrons. The van der Waals surface area contributed by atoms with Gasteiger partial charge in [0.2, 0.25) is 5.91 Å². The highest BCUT2D eigenvalue weighted by atomic mass is 16.5. The van der Waals surface area contributed by atoms with E-state index in [2.05, 4.69) is 5.10 Å². The lowest BCUT2D eigenvalue weighted by Crippen LogP contribution is -2.39. The second-order valence-corrected chi connectivity index (χ2v) is 3.99. The SMILES string of the molecule is COCC(O)CN(C)C(=O)C(C)n1cccn1. The van der Waals surface area contributed by atoms with Gasteiger partial charge in [-0.05, 0) is 13.0 Å². The molecule has 0 aliphatic heterocycles. The predicted molar refractivity (Wildman–Crippen MR) is 62.5 cm³/mol. The molecule has 0 aromatic carbocycles. The Kier molecular flexibility index (Phi) is 5.11. The molecule has 0 spiro atoms. The number of carbonyl (C=O) groups excluding carboxylic acids is 1. The molecule has 1 aromatic rings. The van der Waals surface area contributed by atoms with E-state index in [9.17, 15) is 9.90 Å². The summed E-state index contributed by atoms with van der Waals surface area (Å²) in [7, 11) is 3.17. The molecule has 0 saturated heterocycles. The molecule has 1 rings (SSSR count). The van der Waals surface area contributed by atoms with E-state index < -0.39 is 6.10 Å². The fraction of sp³-hybridized carbons (Fsp3) is 0.636. The fourth-order valence-electron chi connectivity index (χ4n) is 1.59. The quantitative estimate of drug-likeness (QED) is 0.756. The van der Waals surface area contributed by atoms with Gasteiger partial charge < -0.3 is 14.7 Å². The van der Waals surface area contributed by atoms with Crippen LogP contribution in [0.1, 0.15) is 13.0 Å². The van der Waals surface area contributed by atoms with Crippen molar-refractivity contribution in [2.24, 2.45) is 0 Å². The molecule has 17 heavy (non-hydrogen) atoms. The number of likely N-dealkylation sites (N-methyl/N-ethyl adjacent to an activating group) is 1. The Morgan fingerprint density at radius 2 is 2.35 bits per heavy atom. The highest BCUT2D eigenvalue weighted by molar-refractivity contribution is 5.79. The number of aliphatic hydroxyl groups excluding tert-OH is 1. The van der Waals surface area contributed by atoms with E-state index in [1.54, 1.807) is 37.1 Å². The minimum atomic E-state index is -0.668. The molecule has 2 atom stereocenters. The zero-order valence-corrected chi connectivity index (χ0v) is 10.4. The molecular formula is C11H19N3O3. The van der Waals surface area contributed by atoms with Gasteiger partial charge in [0.25, 0.3) is 0 Å². The lowest BCUT2D eigenvalue weighted by molar-refractivity contribution is -0.134. The molecule has 1 aromatic heterocycles. The number of hydrogen-bond acceptors (Lipinski definition) is 4. The number of methoxy groups -OCH3 is 1. The van der Waals surface area contributed by atoms with Crippen LogP contribution in [0.15, 0.2) is 18.5 Å². The third-order valence-corrected chi connectivity index (χ3v) is 2.50. The van der Waals surface area contributed by atoms with Gasteiger partial charge in [0.05, 0.1) is 12.7 Å². The first kappa shape index (κ1) is 13.7. The topological polar surface area (TPSA) is 67.6 Å². The van der Waals surface area contributed by atoms with Crippen molar-refractivity contribution in [3.05, 3.63) is 18.5 Å². The monoisotopic (exact) mass is 241 g/mol. The molecule has 1 N–H and O–H groups in total. The summed E-state index contributed by atoms with van der Waals surface area (Å²) in [5.74, 6) is -0.0937. The Bertz CT molecular complexity index is 340. The summed E-state index contributed by atoms with van der Waals surface area (Å²) in [6, 6.07) is 1.40. The zero-order valence-electron chi connectivity index (χ0n) is 10.4. The Hall–Kier alpha value is -1.40. The lowest BCUT2D eigenvalue weighted by Gasteiger charge is -2.23. The van der Waals surface area contributed by atoms with Gasteiger partial charge in [-0.1, -0.05) is 0 Å². The summed E-state index contributed by atoms with van der Waals surface area (Å²) in [5, 5.41) is 13.6. The summed E-state index contributed by atoms with van der Waals surface area (Å²) < 4.78 is 6.40. The van der Waals surface area contributed by atoms with Crippen LogP contribution < -0.4 is 0 Å². The van der Waals surface area contributed by atoms with Crippen LogP contribution in [0, 0.1) is 0 Å². The first-order chi connectivity index (χ1) is 8.06. The number of carbonyl (C=O) groups is 1. The average molecular weight is 241 g/mol. The molecular weight excluding hydrogens is 222 g/mol. The van der Waals surface area contributed by atoms with Crippen molar-refractivity contribution in [2.75, 3.05) is 27.3 Å². The number of aromatic nitrogens is 2. The molecule has 0 radical (unpaired) electrons. The van der Waals surface area contributed by atoms with Crippen LogP contribution in [0.3, 0.4) is 0 Å². The summed E-state index contributed by atoms with van der Waals surface area (Å²) in [6.45, 7) is 2.24. The van der Waals surface area contributed by atoms with Crippen molar-refractivity contribution in [1.29, 1.82) is 0 Å². The van der Waals surface area contributed by atoms with Crippen molar-refractivity contribution < 1.29 is 14.6 Å². The normalized spacial score (nSPS) is 14.4. The first-order valence-corrected chi connectivity index (χ1v) is 5.47. The largest absolute Gasteiger partial charge is 0.389 e. The van der Waals surface area contributed by atoms with Crippen molar-refractivity contribution in [1.82, 2.24) is 14.7 Å². The summed E-state index contributed by atoms with van der Waals surface area (Å²) in [5.41, 5.74) is 0. The number of ether oxygens (including phenoxy) is 1. The second kappa shape index (κ2) is 6.36. The van der Waals surface area contributed by atoms with Gasteiger partial charge in [0, 0.05) is 33.1 Å². The Morgan fingerprint density at radius 3 is 2.88 bits per heavy atom. The standard InChI is InChI=1S/C11H19N3O3/c1-9(14-6-4-5-12-14)11(16)13(2)7-10(15)8-17-3/h4-6,9-10,15H,7-8H2,1-3H3. The van der Waals surface area contributed by atoms with E-state index >= 15 is 0 Å². The molecule has 1 heterocycles. The van der Waals surface area contributed by atoms with Crippen molar-refractivity contribution >= 4 is 5.91 Å². The van der Waals surface area contributed by atoms with Crippen molar-refractivity contribution in [3.63, 3.8) is 0 Å². The maximum Gasteiger partial charge on any atom is 0.246 e. The number of hydrogen-bond donors (Lipinski definition) is 1. The van der Waals surface area contributed by atoms with Gasteiger partial charge in [0.15, 0.2) is 0 Å². The molecule has 0 fully saturated rings. The smallest absolute Gasteiger partial charge is 0.246 e. The Labute approximate surface area is 101 Å². The van der Waals surface area contributed by atoms with E-state index in [4.69, 9.17) is 4.74 Å². The molecule has 6 heteroatoms. The molecule has 2 unspecified atom stereocenters. The number of aliphatic hydroxyl groups is 1. The molecule has 6 nitrogen and oxygen atoms in total. The number of rotatable bonds is 6. The van der Waals surface area contributed by atoms with Crippen LogP contribution in [0.5, 0.6) is 0 Å². The number of amides is 1. The molecule has 0 aliphatic rings. The van der Waals surface area contributed by atoms with Crippen LogP contribution in [-0.4, -0.2) is 59.1 Å². The summed E-state index contributed by atoms with van der Waals surface area (Å²) in [4.78, 5) is 13.5. The summed E-state index contributed by atoms with van der Waals surface area (Å²) in [6.07, 6.45) is 2.70. The van der Waals surface area contributed by atoms with E-state index in [0.29, 0.717) is 0 Å². The molecule has 1 amide bonds. The third kappa shape index (κ3) is 3.83.